The summed E-state index contributed by atoms with van der Waals surface area (Å²) in [5, 5.41) is 6.01. The standard InChI is InChI=1S/C19H20N6O/c20-5-8-22-18-2-1-13(11-24-18)16-9-12(3-6-21-16)17-10-14-15(25-17)4-7-23-19(14)26/h1-3,6,9-11,25H,4-5,7-8,20H2,(H,22,24)(H,23,26). The van der Waals surface area contributed by atoms with Crippen LogP contribution in [0, 0.1) is 0 Å². The highest BCUT2D eigenvalue weighted by Gasteiger charge is 2.20. The Morgan fingerprint density at radius 3 is 2.85 bits per heavy atom. The van der Waals surface area contributed by atoms with Gasteiger partial charge in [0.15, 0.2) is 0 Å². The van der Waals surface area contributed by atoms with Gasteiger partial charge in [0.1, 0.15) is 5.82 Å². The number of rotatable bonds is 5. The van der Waals surface area contributed by atoms with E-state index in [4.69, 9.17) is 5.73 Å². The third-order valence-electron chi connectivity index (χ3n) is 4.39. The largest absolute Gasteiger partial charge is 0.369 e. The molecule has 7 nitrogen and oxygen atoms in total. The molecule has 0 radical (unpaired) electrons. The van der Waals surface area contributed by atoms with E-state index < -0.39 is 0 Å². The van der Waals surface area contributed by atoms with Crippen molar-refractivity contribution in [2.75, 3.05) is 25.0 Å². The molecule has 1 aliphatic rings. The van der Waals surface area contributed by atoms with Crippen LogP contribution in [0.25, 0.3) is 22.5 Å². The van der Waals surface area contributed by atoms with Crippen LogP contribution in [-0.2, 0) is 6.42 Å². The second-order valence-electron chi connectivity index (χ2n) is 6.16. The number of nitrogens with zero attached hydrogens (tertiary/aromatic N) is 2. The van der Waals surface area contributed by atoms with Gasteiger partial charge in [-0.3, -0.25) is 9.78 Å². The minimum absolute atomic E-state index is 0.0206. The number of carbonyl (C=O) groups excluding carboxylic acids is 1. The number of aromatic amines is 1. The Morgan fingerprint density at radius 1 is 1.15 bits per heavy atom. The summed E-state index contributed by atoms with van der Waals surface area (Å²) in [6.45, 7) is 1.92. The van der Waals surface area contributed by atoms with Gasteiger partial charge in [0.2, 0.25) is 0 Å². The van der Waals surface area contributed by atoms with Crippen molar-refractivity contribution in [2.24, 2.45) is 5.73 Å². The molecule has 1 amide bonds. The van der Waals surface area contributed by atoms with E-state index in [0.29, 0.717) is 19.6 Å². The monoisotopic (exact) mass is 348 g/mol. The molecular weight excluding hydrogens is 328 g/mol. The fourth-order valence-corrected chi connectivity index (χ4v) is 3.06. The Hall–Kier alpha value is -3.19. The van der Waals surface area contributed by atoms with Crippen molar-refractivity contribution in [1.29, 1.82) is 0 Å². The summed E-state index contributed by atoms with van der Waals surface area (Å²) >= 11 is 0. The van der Waals surface area contributed by atoms with Crippen LogP contribution in [0.4, 0.5) is 5.82 Å². The molecule has 0 atom stereocenters. The number of nitrogens with two attached hydrogens (primary N) is 1. The molecule has 0 bridgehead atoms. The summed E-state index contributed by atoms with van der Waals surface area (Å²) < 4.78 is 0. The van der Waals surface area contributed by atoms with E-state index >= 15 is 0 Å². The first-order valence-electron chi connectivity index (χ1n) is 8.61. The van der Waals surface area contributed by atoms with Crippen LogP contribution >= 0.6 is 0 Å². The molecule has 0 spiro atoms. The summed E-state index contributed by atoms with van der Waals surface area (Å²) in [6, 6.07) is 9.73. The molecule has 26 heavy (non-hydrogen) atoms. The summed E-state index contributed by atoms with van der Waals surface area (Å²) in [6.07, 6.45) is 4.38. The first-order valence-corrected chi connectivity index (χ1v) is 8.61. The molecule has 3 aromatic heterocycles. The number of nitrogens with one attached hydrogen (secondary N) is 3. The zero-order chi connectivity index (χ0) is 17.9. The topological polar surface area (TPSA) is 109 Å². The van der Waals surface area contributed by atoms with Crippen molar-refractivity contribution in [2.45, 2.75) is 6.42 Å². The molecule has 0 unspecified atom stereocenters. The maximum Gasteiger partial charge on any atom is 0.253 e. The summed E-state index contributed by atoms with van der Waals surface area (Å²) in [5.41, 5.74) is 10.9. The molecule has 3 aromatic rings. The SMILES string of the molecule is NCCNc1ccc(-c2cc(-c3cc4c([nH]3)CCNC4=O)ccn2)cn1. The van der Waals surface area contributed by atoms with Gasteiger partial charge in [-0.2, -0.15) is 0 Å². The predicted octanol–water partition coefficient (Wildman–Crippen LogP) is 1.80. The molecule has 0 aromatic carbocycles. The maximum atomic E-state index is 12.0. The lowest BCUT2D eigenvalue weighted by Crippen LogP contribution is -2.31. The van der Waals surface area contributed by atoms with Crippen molar-refractivity contribution >= 4 is 11.7 Å². The molecule has 4 heterocycles. The zero-order valence-electron chi connectivity index (χ0n) is 14.2. The number of hydrogen-bond donors (Lipinski definition) is 4. The molecule has 5 N–H and O–H groups in total. The molecule has 0 saturated heterocycles. The van der Waals surface area contributed by atoms with Gasteiger partial charge in [-0.05, 0) is 30.3 Å². The van der Waals surface area contributed by atoms with Crippen LogP contribution in [0.1, 0.15) is 16.1 Å². The Balaban J connectivity index is 1.62. The molecule has 4 rings (SSSR count). The number of fused-ring (bicyclic) bond motifs is 1. The molecule has 1 aliphatic heterocycles. The van der Waals surface area contributed by atoms with Crippen LogP contribution in [-0.4, -0.2) is 40.5 Å². The van der Waals surface area contributed by atoms with Gasteiger partial charge in [-0.25, -0.2) is 4.98 Å². The Morgan fingerprint density at radius 2 is 2.08 bits per heavy atom. The van der Waals surface area contributed by atoms with E-state index in [9.17, 15) is 4.79 Å². The average molecular weight is 348 g/mol. The Bertz CT molecular complexity index is 931. The molecular formula is C19H20N6O. The maximum absolute atomic E-state index is 12.0. The average Bonchev–Trinajstić information content (AvgIpc) is 3.13. The van der Waals surface area contributed by atoms with Gasteiger partial charge in [0, 0.05) is 61.0 Å². The number of hydrogen-bond acceptors (Lipinski definition) is 5. The molecule has 0 aliphatic carbocycles. The molecule has 0 fully saturated rings. The third kappa shape index (κ3) is 3.16. The van der Waals surface area contributed by atoms with Gasteiger partial charge in [-0.1, -0.05) is 0 Å². The van der Waals surface area contributed by atoms with E-state index in [2.05, 4.69) is 25.6 Å². The van der Waals surface area contributed by atoms with Gasteiger partial charge in [-0.15, -0.1) is 0 Å². The molecule has 132 valence electrons. The number of anilines is 1. The first kappa shape index (κ1) is 16.3. The number of carbonyl (C=O) groups is 1. The van der Waals surface area contributed by atoms with Crippen LogP contribution in [0.5, 0.6) is 0 Å². The van der Waals surface area contributed by atoms with Gasteiger partial charge < -0.3 is 21.4 Å². The smallest absolute Gasteiger partial charge is 0.253 e. The van der Waals surface area contributed by atoms with E-state index in [0.717, 1.165) is 46.0 Å². The fraction of sp³-hybridized carbons (Fsp3) is 0.211. The second kappa shape index (κ2) is 6.97. The number of amides is 1. The van der Waals surface area contributed by atoms with E-state index in [1.807, 2.05) is 30.3 Å². The number of aromatic nitrogens is 3. The third-order valence-corrected chi connectivity index (χ3v) is 4.39. The summed E-state index contributed by atoms with van der Waals surface area (Å²) in [5.74, 6) is 0.770. The normalized spacial score (nSPS) is 13.2. The van der Waals surface area contributed by atoms with Crippen LogP contribution in [0.15, 0.2) is 42.7 Å². The van der Waals surface area contributed by atoms with Crippen molar-refractivity contribution in [3.05, 3.63) is 54.0 Å². The minimum Gasteiger partial charge on any atom is -0.369 e. The predicted molar refractivity (Wildman–Crippen MR) is 101 cm³/mol. The van der Waals surface area contributed by atoms with Crippen molar-refractivity contribution in [3.8, 4) is 22.5 Å². The van der Waals surface area contributed by atoms with Crippen LogP contribution in [0.2, 0.25) is 0 Å². The Labute approximate surface area is 151 Å². The van der Waals surface area contributed by atoms with E-state index in [1.54, 1.807) is 12.4 Å². The van der Waals surface area contributed by atoms with Gasteiger partial charge in [0.05, 0.1) is 11.3 Å². The zero-order valence-corrected chi connectivity index (χ0v) is 14.2. The second-order valence-corrected chi connectivity index (χ2v) is 6.16. The lowest BCUT2D eigenvalue weighted by atomic mass is 10.1. The summed E-state index contributed by atoms with van der Waals surface area (Å²) in [4.78, 5) is 24.2. The van der Waals surface area contributed by atoms with E-state index in [-0.39, 0.29) is 5.91 Å². The quantitative estimate of drug-likeness (QED) is 0.562. The van der Waals surface area contributed by atoms with Crippen molar-refractivity contribution < 1.29 is 4.79 Å². The highest BCUT2D eigenvalue weighted by Crippen LogP contribution is 2.27. The minimum atomic E-state index is -0.0206. The number of pyridine rings is 2. The Kier molecular flexibility index (Phi) is 4.37. The molecule has 7 heteroatoms. The van der Waals surface area contributed by atoms with Crippen molar-refractivity contribution in [1.82, 2.24) is 20.3 Å². The summed E-state index contributed by atoms with van der Waals surface area (Å²) in [7, 11) is 0. The van der Waals surface area contributed by atoms with Crippen LogP contribution in [0.3, 0.4) is 0 Å². The van der Waals surface area contributed by atoms with Crippen LogP contribution < -0.4 is 16.4 Å². The fourth-order valence-electron chi connectivity index (χ4n) is 3.06. The van der Waals surface area contributed by atoms with E-state index in [1.165, 1.54) is 0 Å². The molecule has 0 saturated carbocycles. The lowest BCUT2D eigenvalue weighted by molar-refractivity contribution is 0.0946. The first-order chi connectivity index (χ1) is 12.7. The lowest BCUT2D eigenvalue weighted by Gasteiger charge is -2.11. The highest BCUT2D eigenvalue weighted by atomic mass is 16.1. The van der Waals surface area contributed by atoms with Gasteiger partial charge in [0.25, 0.3) is 5.91 Å². The van der Waals surface area contributed by atoms with Crippen molar-refractivity contribution in [3.63, 3.8) is 0 Å². The highest BCUT2D eigenvalue weighted by molar-refractivity contribution is 5.97. The number of H-pyrrole nitrogens is 1. The van der Waals surface area contributed by atoms with Gasteiger partial charge >= 0.3 is 0 Å².